The molecule has 1 amide bonds. The number of aryl methyl sites for hydroxylation is 1. The Balaban J connectivity index is 0.00000341. The van der Waals surface area contributed by atoms with E-state index in [1.54, 1.807) is 24.9 Å². The molecule has 0 unspecified atom stereocenters. The van der Waals surface area contributed by atoms with Crippen LogP contribution in [0.3, 0.4) is 0 Å². The summed E-state index contributed by atoms with van der Waals surface area (Å²) in [6.07, 6.45) is 3.24. The maximum Gasteiger partial charge on any atom is 0.224 e. The fourth-order valence-corrected chi connectivity index (χ4v) is 3.82. The molecule has 1 aliphatic heterocycles. The van der Waals surface area contributed by atoms with E-state index >= 15 is 0 Å². The predicted molar refractivity (Wildman–Crippen MR) is 136 cm³/mol. The molecule has 0 radical (unpaired) electrons. The van der Waals surface area contributed by atoms with E-state index in [1.165, 1.54) is 6.07 Å². The number of benzene rings is 2. The largest absolute Gasteiger partial charge is 0.492 e. The Morgan fingerprint density at radius 3 is 2.81 bits per heavy atom. The fraction of sp³-hybridized carbons (Fsp3) is 0.364. The van der Waals surface area contributed by atoms with E-state index in [2.05, 4.69) is 20.9 Å². The maximum absolute atomic E-state index is 13.5. The third-order valence-corrected chi connectivity index (χ3v) is 5.37. The van der Waals surface area contributed by atoms with Crippen molar-refractivity contribution in [1.29, 1.82) is 0 Å². The second-order valence-electron chi connectivity index (χ2n) is 6.91. The number of carbonyl (C=O) groups is 1. The van der Waals surface area contributed by atoms with Crippen molar-refractivity contribution in [3.05, 3.63) is 58.9 Å². The van der Waals surface area contributed by atoms with Gasteiger partial charge in [-0.05, 0) is 59.7 Å². The van der Waals surface area contributed by atoms with Crippen LogP contribution in [0.1, 0.15) is 23.1 Å². The molecule has 0 saturated heterocycles. The highest BCUT2D eigenvalue weighted by Crippen LogP contribution is 2.26. The van der Waals surface area contributed by atoms with Crippen LogP contribution in [0, 0.1) is 5.82 Å². The van der Waals surface area contributed by atoms with Gasteiger partial charge in [-0.25, -0.2) is 4.39 Å². The number of rotatable bonds is 8. The molecule has 6 nitrogen and oxygen atoms in total. The first-order chi connectivity index (χ1) is 14.6. The molecule has 2 aromatic rings. The van der Waals surface area contributed by atoms with E-state index in [0.29, 0.717) is 32.1 Å². The highest BCUT2D eigenvalue weighted by Gasteiger charge is 2.15. The number of hydrogen-bond acceptors (Lipinski definition) is 4. The van der Waals surface area contributed by atoms with Gasteiger partial charge in [-0.3, -0.25) is 9.79 Å². The van der Waals surface area contributed by atoms with Gasteiger partial charge in [-0.15, -0.1) is 24.0 Å². The summed E-state index contributed by atoms with van der Waals surface area (Å²) in [5.41, 5.74) is 3.99. The predicted octanol–water partition coefficient (Wildman–Crippen LogP) is 3.94. The van der Waals surface area contributed by atoms with Gasteiger partial charge in [-0.2, -0.15) is 11.8 Å². The number of hydrogen-bond donors (Lipinski definition) is 3. The van der Waals surface area contributed by atoms with Crippen LogP contribution in [0.5, 0.6) is 5.75 Å². The number of aliphatic imine (C=N–C) groups is 1. The zero-order valence-corrected chi connectivity index (χ0v) is 20.8. The highest BCUT2D eigenvalue weighted by molar-refractivity contribution is 14.0. The lowest BCUT2D eigenvalue weighted by Crippen LogP contribution is -2.39. The second-order valence-corrected chi connectivity index (χ2v) is 7.78. The summed E-state index contributed by atoms with van der Waals surface area (Å²) in [6, 6.07) is 10.6. The molecule has 0 aliphatic carbocycles. The smallest absolute Gasteiger partial charge is 0.224 e. The minimum atomic E-state index is -0.216. The third-order valence-electron chi connectivity index (χ3n) is 4.77. The quantitative estimate of drug-likeness (QED) is 0.198. The van der Waals surface area contributed by atoms with E-state index in [0.717, 1.165) is 40.3 Å². The molecule has 2 aromatic carbocycles. The summed E-state index contributed by atoms with van der Waals surface area (Å²) >= 11 is 1.66. The van der Waals surface area contributed by atoms with Crippen molar-refractivity contribution in [3.63, 3.8) is 0 Å². The molecule has 0 atom stereocenters. The Bertz CT molecular complexity index is 926. The van der Waals surface area contributed by atoms with Crippen molar-refractivity contribution in [3.8, 4) is 5.75 Å². The van der Waals surface area contributed by atoms with Gasteiger partial charge in [-0.1, -0.05) is 6.07 Å². The van der Waals surface area contributed by atoms with Crippen LogP contribution in [0.25, 0.3) is 0 Å². The minimum Gasteiger partial charge on any atom is -0.492 e. The first kappa shape index (κ1) is 25.3. The highest BCUT2D eigenvalue weighted by atomic mass is 127. The topological polar surface area (TPSA) is 74.8 Å². The van der Waals surface area contributed by atoms with E-state index < -0.39 is 0 Å². The molecule has 9 heteroatoms. The SMILES string of the molecule is CN=C(NCCOc1ccc2c(c1)CCC(=O)N2)NCc1ccc(F)cc1CSC.I. The Morgan fingerprint density at radius 1 is 1.19 bits per heavy atom. The van der Waals surface area contributed by atoms with Crippen LogP contribution in [0.4, 0.5) is 10.1 Å². The number of nitrogens with one attached hydrogen (secondary N) is 3. The molecule has 0 aromatic heterocycles. The van der Waals surface area contributed by atoms with Crippen molar-refractivity contribution in [2.45, 2.75) is 25.1 Å². The van der Waals surface area contributed by atoms with Gasteiger partial charge in [0.15, 0.2) is 5.96 Å². The Morgan fingerprint density at radius 2 is 2.03 bits per heavy atom. The Kier molecular flexibility index (Phi) is 10.4. The molecular weight excluding hydrogens is 530 g/mol. The number of guanidine groups is 1. The number of amides is 1. The van der Waals surface area contributed by atoms with Crippen molar-refractivity contribution < 1.29 is 13.9 Å². The number of carbonyl (C=O) groups excluding carboxylic acids is 1. The number of nitrogens with zero attached hydrogens (tertiary/aromatic N) is 1. The van der Waals surface area contributed by atoms with E-state index in [1.807, 2.05) is 30.5 Å². The molecule has 0 fully saturated rings. The lowest BCUT2D eigenvalue weighted by atomic mass is 10.0. The molecule has 3 N–H and O–H groups in total. The number of anilines is 1. The number of thioether (sulfide) groups is 1. The average Bonchev–Trinajstić information content (AvgIpc) is 2.74. The molecule has 1 aliphatic rings. The monoisotopic (exact) mass is 558 g/mol. The van der Waals surface area contributed by atoms with Crippen LogP contribution < -0.4 is 20.7 Å². The zero-order chi connectivity index (χ0) is 21.3. The maximum atomic E-state index is 13.5. The van der Waals surface area contributed by atoms with Crippen LogP contribution in [-0.2, 0) is 23.5 Å². The number of fused-ring (bicyclic) bond motifs is 1. The van der Waals surface area contributed by atoms with Gasteiger partial charge < -0.3 is 20.7 Å². The molecule has 31 heavy (non-hydrogen) atoms. The van der Waals surface area contributed by atoms with Gasteiger partial charge in [0.2, 0.25) is 5.91 Å². The van der Waals surface area contributed by atoms with Crippen molar-refractivity contribution in [2.24, 2.45) is 4.99 Å². The van der Waals surface area contributed by atoms with Gasteiger partial charge in [0.1, 0.15) is 18.2 Å². The van der Waals surface area contributed by atoms with Gasteiger partial charge in [0, 0.05) is 31.5 Å². The first-order valence-electron chi connectivity index (χ1n) is 9.85. The summed E-state index contributed by atoms with van der Waals surface area (Å²) in [6.45, 7) is 1.61. The lowest BCUT2D eigenvalue weighted by molar-refractivity contribution is -0.116. The third kappa shape index (κ3) is 7.57. The number of halogens is 2. The molecular formula is C22H28FIN4O2S. The van der Waals surface area contributed by atoms with E-state index in [-0.39, 0.29) is 35.7 Å². The van der Waals surface area contributed by atoms with Crippen molar-refractivity contribution >= 4 is 53.3 Å². The molecule has 1 heterocycles. The second kappa shape index (κ2) is 12.7. The molecule has 0 saturated carbocycles. The van der Waals surface area contributed by atoms with E-state index in [4.69, 9.17) is 4.74 Å². The molecule has 168 valence electrons. The minimum absolute atomic E-state index is 0. The van der Waals surface area contributed by atoms with Gasteiger partial charge in [0.05, 0.1) is 6.54 Å². The van der Waals surface area contributed by atoms with Crippen molar-refractivity contribution in [1.82, 2.24) is 10.6 Å². The first-order valence-corrected chi connectivity index (χ1v) is 11.2. The summed E-state index contributed by atoms with van der Waals surface area (Å²) < 4.78 is 19.3. The normalized spacial score (nSPS) is 13.0. The number of ether oxygens (including phenoxy) is 1. The van der Waals surface area contributed by atoms with Crippen LogP contribution in [0.2, 0.25) is 0 Å². The standard InChI is InChI=1S/C22H27FN4O2S.HI/c1-24-22(26-13-16-3-5-18(23)11-17(16)14-30-2)25-9-10-29-19-6-7-20-15(12-19)4-8-21(28)27-20;/h3,5-7,11-12H,4,8-10,13-14H2,1-2H3,(H,27,28)(H2,24,25,26);1H. The zero-order valence-electron chi connectivity index (χ0n) is 17.7. The summed E-state index contributed by atoms with van der Waals surface area (Å²) in [7, 11) is 1.71. The summed E-state index contributed by atoms with van der Waals surface area (Å²) in [4.78, 5) is 15.7. The van der Waals surface area contributed by atoms with Crippen LogP contribution in [-0.4, -0.2) is 38.3 Å². The fourth-order valence-electron chi connectivity index (χ4n) is 3.24. The van der Waals surface area contributed by atoms with Crippen LogP contribution in [0.15, 0.2) is 41.4 Å². The summed E-state index contributed by atoms with van der Waals surface area (Å²) in [5, 5.41) is 9.34. The molecule has 3 rings (SSSR count). The van der Waals surface area contributed by atoms with Gasteiger partial charge in [0.25, 0.3) is 0 Å². The lowest BCUT2D eigenvalue weighted by Gasteiger charge is -2.18. The summed E-state index contributed by atoms with van der Waals surface area (Å²) in [5.74, 6) is 2.04. The van der Waals surface area contributed by atoms with Crippen molar-refractivity contribution in [2.75, 3.05) is 31.8 Å². The Labute approximate surface area is 203 Å². The molecule has 0 spiro atoms. The van der Waals surface area contributed by atoms with E-state index in [9.17, 15) is 9.18 Å². The van der Waals surface area contributed by atoms with Gasteiger partial charge >= 0.3 is 0 Å². The molecule has 0 bridgehead atoms. The Hall–Kier alpha value is -2.01. The van der Waals surface area contributed by atoms with Crippen LogP contribution >= 0.6 is 35.7 Å². The average molecular weight is 558 g/mol.